The number of carbonyl (C=O) groups is 4. The van der Waals surface area contributed by atoms with Crippen molar-refractivity contribution in [3.8, 4) is 0 Å². The standard InChI is InChI=1S/C21H26N2O5/c1-13-7-8-14(2)17(11-13)22-18(24)12-28-19(25)9-10-23-20(26)15-5-3-4-6-16(15)21(23)27/h7-8,11,15-16H,3-6,9-10,12H2,1-2H3,(H,22,24)/t15-,16-/m0/s1. The molecule has 2 aliphatic rings. The first-order valence-corrected chi connectivity index (χ1v) is 9.75. The van der Waals surface area contributed by atoms with E-state index in [2.05, 4.69) is 5.32 Å². The van der Waals surface area contributed by atoms with Gasteiger partial charge < -0.3 is 10.1 Å². The largest absolute Gasteiger partial charge is 0.456 e. The molecule has 3 amide bonds. The molecule has 1 aliphatic carbocycles. The van der Waals surface area contributed by atoms with Gasteiger partial charge in [0.25, 0.3) is 5.91 Å². The number of nitrogens with zero attached hydrogens (tertiary/aromatic N) is 1. The van der Waals surface area contributed by atoms with Crippen molar-refractivity contribution < 1.29 is 23.9 Å². The predicted molar refractivity (Wildman–Crippen MR) is 102 cm³/mol. The van der Waals surface area contributed by atoms with Gasteiger partial charge in [0, 0.05) is 12.2 Å². The number of hydrogen-bond donors (Lipinski definition) is 1. The number of hydrogen-bond acceptors (Lipinski definition) is 5. The Hall–Kier alpha value is -2.70. The van der Waals surface area contributed by atoms with E-state index in [-0.39, 0.29) is 36.6 Å². The van der Waals surface area contributed by atoms with Crippen molar-refractivity contribution in [2.45, 2.75) is 46.0 Å². The van der Waals surface area contributed by atoms with Crippen LogP contribution in [0.15, 0.2) is 18.2 Å². The van der Waals surface area contributed by atoms with Crippen molar-refractivity contribution in [2.75, 3.05) is 18.5 Å². The maximum absolute atomic E-state index is 12.4. The highest BCUT2D eigenvalue weighted by Crippen LogP contribution is 2.37. The fourth-order valence-electron chi connectivity index (χ4n) is 3.93. The van der Waals surface area contributed by atoms with Crippen molar-refractivity contribution in [1.29, 1.82) is 0 Å². The van der Waals surface area contributed by atoms with Crippen LogP contribution in [0.4, 0.5) is 5.69 Å². The minimum absolute atomic E-state index is 0.0160. The number of esters is 1. The lowest BCUT2D eigenvalue weighted by molar-refractivity contribution is -0.148. The Kier molecular flexibility index (Phi) is 6.11. The molecule has 1 aromatic carbocycles. The molecule has 3 rings (SSSR count). The second kappa shape index (κ2) is 8.54. The van der Waals surface area contributed by atoms with E-state index in [9.17, 15) is 19.2 Å². The maximum atomic E-state index is 12.4. The first kappa shape index (κ1) is 20.0. The molecule has 7 nitrogen and oxygen atoms in total. The number of likely N-dealkylation sites (tertiary alicyclic amines) is 1. The second-order valence-corrected chi connectivity index (χ2v) is 7.60. The summed E-state index contributed by atoms with van der Waals surface area (Å²) in [5.41, 5.74) is 2.60. The molecule has 7 heteroatoms. The van der Waals surface area contributed by atoms with E-state index in [4.69, 9.17) is 4.74 Å². The lowest BCUT2D eigenvalue weighted by atomic mass is 9.81. The van der Waals surface area contributed by atoms with Crippen LogP contribution in [0.3, 0.4) is 0 Å². The van der Waals surface area contributed by atoms with Crippen LogP contribution in [0.5, 0.6) is 0 Å². The lowest BCUT2D eigenvalue weighted by Crippen LogP contribution is -2.33. The highest BCUT2D eigenvalue weighted by Gasteiger charge is 2.47. The number of amides is 3. The summed E-state index contributed by atoms with van der Waals surface area (Å²) >= 11 is 0. The number of carbonyl (C=O) groups excluding carboxylic acids is 4. The van der Waals surface area contributed by atoms with Gasteiger partial charge in [-0.2, -0.15) is 0 Å². The fourth-order valence-corrected chi connectivity index (χ4v) is 3.93. The molecule has 150 valence electrons. The molecular formula is C21H26N2O5. The molecule has 1 aromatic rings. The van der Waals surface area contributed by atoms with Gasteiger partial charge in [-0.3, -0.25) is 24.1 Å². The molecule has 0 unspecified atom stereocenters. The molecule has 1 heterocycles. The van der Waals surface area contributed by atoms with Crippen molar-refractivity contribution >= 4 is 29.4 Å². The van der Waals surface area contributed by atoms with Gasteiger partial charge in [0.2, 0.25) is 11.8 Å². The van der Waals surface area contributed by atoms with Crippen molar-refractivity contribution in [1.82, 2.24) is 4.90 Å². The number of ether oxygens (including phenoxy) is 1. The molecule has 1 N–H and O–H groups in total. The van der Waals surface area contributed by atoms with Crippen LogP contribution in [0.25, 0.3) is 0 Å². The Balaban J connectivity index is 1.44. The molecular weight excluding hydrogens is 360 g/mol. The molecule has 2 atom stereocenters. The number of rotatable bonds is 6. The highest BCUT2D eigenvalue weighted by molar-refractivity contribution is 6.05. The first-order chi connectivity index (χ1) is 13.4. The van der Waals surface area contributed by atoms with Crippen molar-refractivity contribution in [3.63, 3.8) is 0 Å². The topological polar surface area (TPSA) is 92.8 Å². The van der Waals surface area contributed by atoms with Crippen molar-refractivity contribution in [2.24, 2.45) is 11.8 Å². The Morgan fingerprint density at radius 1 is 1.11 bits per heavy atom. The Bertz CT molecular complexity index is 780. The minimum Gasteiger partial charge on any atom is -0.456 e. The number of nitrogens with one attached hydrogen (secondary N) is 1. The third-order valence-electron chi connectivity index (χ3n) is 5.50. The van der Waals surface area contributed by atoms with E-state index in [1.54, 1.807) is 0 Å². The summed E-state index contributed by atoms with van der Waals surface area (Å²) in [6.07, 6.45) is 3.31. The summed E-state index contributed by atoms with van der Waals surface area (Å²) in [7, 11) is 0. The number of aryl methyl sites for hydroxylation is 2. The Labute approximate surface area is 164 Å². The molecule has 28 heavy (non-hydrogen) atoms. The van der Waals surface area contributed by atoms with Gasteiger partial charge in [0.05, 0.1) is 18.3 Å². The number of benzene rings is 1. The van der Waals surface area contributed by atoms with Gasteiger partial charge >= 0.3 is 5.97 Å². The van der Waals surface area contributed by atoms with Crippen LogP contribution in [0.2, 0.25) is 0 Å². The molecule has 1 saturated heterocycles. The second-order valence-electron chi connectivity index (χ2n) is 7.60. The number of imide groups is 1. The molecule has 1 saturated carbocycles. The van der Waals surface area contributed by atoms with Crippen molar-refractivity contribution in [3.05, 3.63) is 29.3 Å². The summed E-state index contributed by atoms with van der Waals surface area (Å²) in [6.45, 7) is 3.41. The van der Waals surface area contributed by atoms with Crippen LogP contribution in [-0.2, 0) is 23.9 Å². The zero-order chi connectivity index (χ0) is 20.3. The fraction of sp³-hybridized carbons (Fsp3) is 0.524. The van der Waals surface area contributed by atoms with E-state index in [1.165, 1.54) is 4.90 Å². The summed E-state index contributed by atoms with van der Waals surface area (Å²) < 4.78 is 4.99. The molecule has 0 aromatic heterocycles. The van der Waals surface area contributed by atoms with Gasteiger partial charge in [-0.1, -0.05) is 25.0 Å². The van der Waals surface area contributed by atoms with Crippen LogP contribution in [0.1, 0.15) is 43.2 Å². The predicted octanol–water partition coefficient (Wildman–Crippen LogP) is 2.35. The average Bonchev–Trinajstić information content (AvgIpc) is 2.92. The molecule has 2 fully saturated rings. The third kappa shape index (κ3) is 4.40. The van der Waals surface area contributed by atoms with Gasteiger partial charge in [0.15, 0.2) is 6.61 Å². The number of anilines is 1. The van der Waals surface area contributed by atoms with E-state index in [0.717, 1.165) is 36.8 Å². The normalized spacial score (nSPS) is 21.4. The maximum Gasteiger partial charge on any atom is 0.308 e. The Morgan fingerprint density at radius 3 is 2.39 bits per heavy atom. The summed E-state index contributed by atoms with van der Waals surface area (Å²) in [5.74, 6) is -1.82. The van der Waals surface area contributed by atoms with Crippen LogP contribution >= 0.6 is 0 Å². The van der Waals surface area contributed by atoms with Crippen LogP contribution < -0.4 is 5.32 Å². The summed E-state index contributed by atoms with van der Waals surface area (Å²) in [5, 5.41) is 2.72. The molecule has 0 spiro atoms. The van der Waals surface area contributed by atoms with Gasteiger partial charge in [-0.15, -0.1) is 0 Å². The monoisotopic (exact) mass is 386 g/mol. The summed E-state index contributed by atoms with van der Waals surface area (Å²) in [4.78, 5) is 49.9. The van der Waals surface area contributed by atoms with E-state index in [1.807, 2.05) is 32.0 Å². The summed E-state index contributed by atoms with van der Waals surface area (Å²) in [6, 6.07) is 5.69. The van der Waals surface area contributed by atoms with E-state index in [0.29, 0.717) is 5.69 Å². The minimum atomic E-state index is -0.605. The molecule has 1 aliphatic heterocycles. The number of fused-ring (bicyclic) bond motifs is 1. The highest BCUT2D eigenvalue weighted by atomic mass is 16.5. The third-order valence-corrected chi connectivity index (χ3v) is 5.50. The SMILES string of the molecule is Cc1ccc(C)c(NC(=O)COC(=O)CCN2C(=O)[C@H]3CCCC[C@@H]3C2=O)c1. The lowest BCUT2D eigenvalue weighted by Gasteiger charge is -2.19. The van der Waals surface area contributed by atoms with E-state index < -0.39 is 18.5 Å². The zero-order valence-electron chi connectivity index (χ0n) is 16.3. The van der Waals surface area contributed by atoms with Crippen LogP contribution in [-0.4, -0.2) is 41.7 Å². The average molecular weight is 386 g/mol. The quantitative estimate of drug-likeness (QED) is 0.598. The molecule has 0 bridgehead atoms. The van der Waals surface area contributed by atoms with E-state index >= 15 is 0 Å². The van der Waals surface area contributed by atoms with Gasteiger partial charge in [0.1, 0.15) is 0 Å². The van der Waals surface area contributed by atoms with Gasteiger partial charge in [-0.25, -0.2) is 0 Å². The molecule has 0 radical (unpaired) electrons. The zero-order valence-corrected chi connectivity index (χ0v) is 16.3. The van der Waals surface area contributed by atoms with Gasteiger partial charge in [-0.05, 0) is 43.9 Å². The van der Waals surface area contributed by atoms with Crippen LogP contribution in [0, 0.1) is 25.7 Å². The first-order valence-electron chi connectivity index (χ1n) is 9.75. The Morgan fingerprint density at radius 2 is 1.75 bits per heavy atom. The smallest absolute Gasteiger partial charge is 0.308 e.